The maximum Gasteiger partial charge on any atom is 0.307 e. The van der Waals surface area contributed by atoms with Crippen molar-refractivity contribution in [1.82, 2.24) is 0 Å². The van der Waals surface area contributed by atoms with Gasteiger partial charge in [-0.25, -0.2) is 0 Å². The van der Waals surface area contributed by atoms with Crippen LogP contribution in [-0.4, -0.2) is 24.3 Å². The maximum absolute atomic E-state index is 11.7. The number of fused-ring (bicyclic) bond motifs is 2. The number of rotatable bonds is 1. The van der Waals surface area contributed by atoms with E-state index in [1.165, 1.54) is 16.7 Å². The highest BCUT2D eigenvalue weighted by Crippen LogP contribution is 2.48. The second-order valence-corrected chi connectivity index (χ2v) is 5.86. The lowest BCUT2D eigenvalue weighted by Gasteiger charge is -2.46. The maximum atomic E-state index is 11.7. The number of carboxylic acid groups (broad SMARTS) is 1. The van der Waals surface area contributed by atoms with Gasteiger partial charge in [0.1, 0.15) is 0 Å². The van der Waals surface area contributed by atoms with Gasteiger partial charge in [-0.3, -0.25) is 4.79 Å². The van der Waals surface area contributed by atoms with Gasteiger partial charge in [0.05, 0.1) is 5.92 Å². The van der Waals surface area contributed by atoms with Crippen molar-refractivity contribution in [2.75, 3.05) is 13.2 Å². The molecule has 1 aliphatic heterocycles. The van der Waals surface area contributed by atoms with Crippen LogP contribution in [0.2, 0.25) is 0 Å². The van der Waals surface area contributed by atoms with Crippen LogP contribution in [0.5, 0.6) is 0 Å². The van der Waals surface area contributed by atoms with Gasteiger partial charge in [0.2, 0.25) is 0 Å². The lowest BCUT2D eigenvalue weighted by molar-refractivity contribution is -0.147. The summed E-state index contributed by atoms with van der Waals surface area (Å²) in [5.41, 5.74) is 3.62. The molecular formula is C16H20O3. The standard InChI is InChI=1S/C16H20O3/c1-11-2-3-12-4-5-13(15(17)18)16(14(12)10-11)6-8-19-9-7-16/h2-3,10,13H,4-9H2,1H3,(H,17,18). The minimum atomic E-state index is -0.644. The van der Waals surface area contributed by atoms with E-state index in [9.17, 15) is 9.90 Å². The zero-order valence-corrected chi connectivity index (χ0v) is 11.3. The van der Waals surface area contributed by atoms with Crippen LogP contribution in [0.15, 0.2) is 18.2 Å². The van der Waals surface area contributed by atoms with Crippen LogP contribution < -0.4 is 0 Å². The fraction of sp³-hybridized carbons (Fsp3) is 0.562. The van der Waals surface area contributed by atoms with Crippen LogP contribution in [0.25, 0.3) is 0 Å². The smallest absolute Gasteiger partial charge is 0.307 e. The van der Waals surface area contributed by atoms with E-state index in [0.717, 1.165) is 25.7 Å². The Bertz CT molecular complexity index is 501. The number of hydrogen-bond donors (Lipinski definition) is 1. The van der Waals surface area contributed by atoms with Gasteiger partial charge in [0.25, 0.3) is 0 Å². The zero-order chi connectivity index (χ0) is 13.5. The van der Waals surface area contributed by atoms with Crippen LogP contribution in [0.4, 0.5) is 0 Å². The molecule has 3 nitrogen and oxygen atoms in total. The Morgan fingerprint density at radius 1 is 1.37 bits per heavy atom. The van der Waals surface area contributed by atoms with Crippen molar-refractivity contribution in [2.45, 2.75) is 38.0 Å². The third kappa shape index (κ3) is 1.96. The lowest BCUT2D eigenvalue weighted by atomic mass is 9.59. The molecular weight excluding hydrogens is 240 g/mol. The third-order valence-electron chi connectivity index (χ3n) is 4.85. The molecule has 1 aromatic rings. The van der Waals surface area contributed by atoms with E-state index in [1.54, 1.807) is 0 Å². The highest BCUT2D eigenvalue weighted by atomic mass is 16.5. The molecule has 1 unspecified atom stereocenters. The Morgan fingerprint density at radius 2 is 2.11 bits per heavy atom. The number of benzene rings is 1. The first kappa shape index (κ1) is 12.7. The van der Waals surface area contributed by atoms with Crippen molar-refractivity contribution in [3.8, 4) is 0 Å². The van der Waals surface area contributed by atoms with Crippen molar-refractivity contribution in [3.05, 3.63) is 34.9 Å². The molecule has 1 N–H and O–H groups in total. The van der Waals surface area contributed by atoms with Crippen LogP contribution in [-0.2, 0) is 21.4 Å². The highest BCUT2D eigenvalue weighted by Gasteiger charge is 2.48. The summed E-state index contributed by atoms with van der Waals surface area (Å²) in [5.74, 6) is -0.903. The summed E-state index contributed by atoms with van der Waals surface area (Å²) in [7, 11) is 0. The van der Waals surface area contributed by atoms with Gasteiger partial charge in [-0.2, -0.15) is 0 Å². The monoisotopic (exact) mass is 260 g/mol. The second-order valence-electron chi connectivity index (χ2n) is 5.86. The lowest BCUT2D eigenvalue weighted by Crippen LogP contribution is -2.47. The van der Waals surface area contributed by atoms with E-state index in [-0.39, 0.29) is 11.3 Å². The van der Waals surface area contributed by atoms with Crippen LogP contribution >= 0.6 is 0 Å². The summed E-state index contributed by atoms with van der Waals surface area (Å²) < 4.78 is 5.48. The first-order chi connectivity index (χ1) is 9.13. The number of aryl methyl sites for hydroxylation is 2. The highest BCUT2D eigenvalue weighted by molar-refractivity contribution is 5.73. The molecule has 1 aliphatic carbocycles. The van der Waals surface area contributed by atoms with Crippen molar-refractivity contribution >= 4 is 5.97 Å². The Hall–Kier alpha value is -1.35. The van der Waals surface area contributed by atoms with Gasteiger partial charge in [-0.05, 0) is 43.7 Å². The SMILES string of the molecule is Cc1ccc2c(c1)C1(CCOCC1)C(C(=O)O)CC2. The molecule has 0 radical (unpaired) electrons. The van der Waals surface area contributed by atoms with E-state index >= 15 is 0 Å². The van der Waals surface area contributed by atoms with E-state index < -0.39 is 5.97 Å². The van der Waals surface area contributed by atoms with Gasteiger partial charge in [0.15, 0.2) is 0 Å². The number of carboxylic acids is 1. The Morgan fingerprint density at radius 3 is 2.79 bits per heavy atom. The Labute approximate surface area is 113 Å². The van der Waals surface area contributed by atoms with Crippen LogP contribution in [0, 0.1) is 12.8 Å². The number of ether oxygens (including phenoxy) is 1. The molecule has 1 heterocycles. The summed E-state index contributed by atoms with van der Waals surface area (Å²) in [6.45, 7) is 3.44. The minimum Gasteiger partial charge on any atom is -0.481 e. The zero-order valence-electron chi connectivity index (χ0n) is 11.3. The van der Waals surface area contributed by atoms with Crippen molar-refractivity contribution < 1.29 is 14.6 Å². The van der Waals surface area contributed by atoms with Gasteiger partial charge in [-0.1, -0.05) is 23.8 Å². The number of hydrogen-bond acceptors (Lipinski definition) is 2. The molecule has 1 spiro atoms. The second kappa shape index (κ2) is 4.64. The van der Waals surface area contributed by atoms with Crippen LogP contribution in [0.1, 0.15) is 36.0 Å². The van der Waals surface area contributed by atoms with Gasteiger partial charge in [-0.15, -0.1) is 0 Å². The molecule has 1 atom stereocenters. The fourth-order valence-electron chi connectivity index (χ4n) is 3.85. The Kier molecular flexibility index (Phi) is 3.09. The summed E-state index contributed by atoms with van der Waals surface area (Å²) >= 11 is 0. The molecule has 1 aromatic carbocycles. The van der Waals surface area contributed by atoms with E-state index in [4.69, 9.17) is 4.74 Å². The van der Waals surface area contributed by atoms with E-state index in [0.29, 0.717) is 13.2 Å². The molecule has 0 saturated carbocycles. The molecule has 19 heavy (non-hydrogen) atoms. The van der Waals surface area contributed by atoms with Crippen LogP contribution in [0.3, 0.4) is 0 Å². The minimum absolute atomic E-state index is 0.205. The van der Waals surface area contributed by atoms with Gasteiger partial charge >= 0.3 is 5.97 Å². The largest absolute Gasteiger partial charge is 0.481 e. The first-order valence-electron chi connectivity index (χ1n) is 7.04. The van der Waals surface area contributed by atoms with E-state index in [1.807, 2.05) is 0 Å². The van der Waals surface area contributed by atoms with Crippen molar-refractivity contribution in [3.63, 3.8) is 0 Å². The third-order valence-corrected chi connectivity index (χ3v) is 4.85. The summed E-state index contributed by atoms with van der Waals surface area (Å²) in [6.07, 6.45) is 3.31. The van der Waals surface area contributed by atoms with Crippen molar-refractivity contribution in [2.24, 2.45) is 5.92 Å². The molecule has 1 fully saturated rings. The fourth-order valence-corrected chi connectivity index (χ4v) is 3.85. The van der Waals surface area contributed by atoms with Crippen molar-refractivity contribution in [1.29, 1.82) is 0 Å². The molecule has 3 heteroatoms. The summed E-state index contributed by atoms with van der Waals surface area (Å²) in [4.78, 5) is 11.7. The van der Waals surface area contributed by atoms with Gasteiger partial charge < -0.3 is 9.84 Å². The number of carbonyl (C=O) groups is 1. The molecule has 0 bridgehead atoms. The molecule has 0 amide bonds. The molecule has 1 saturated heterocycles. The average Bonchev–Trinajstić information content (AvgIpc) is 2.40. The summed E-state index contributed by atoms with van der Waals surface area (Å²) in [5, 5.41) is 9.61. The Balaban J connectivity index is 2.13. The quantitative estimate of drug-likeness (QED) is 0.844. The first-order valence-corrected chi connectivity index (χ1v) is 7.04. The van der Waals surface area contributed by atoms with Gasteiger partial charge in [0, 0.05) is 18.6 Å². The molecule has 2 aliphatic rings. The predicted molar refractivity (Wildman–Crippen MR) is 72.4 cm³/mol. The summed E-state index contributed by atoms with van der Waals surface area (Å²) in [6, 6.07) is 6.52. The topological polar surface area (TPSA) is 46.5 Å². The normalized spacial score (nSPS) is 25.0. The predicted octanol–water partition coefficient (Wildman–Crippen LogP) is 2.69. The molecule has 0 aromatic heterocycles. The average molecular weight is 260 g/mol. The number of aliphatic carboxylic acids is 1. The molecule has 3 rings (SSSR count). The molecule has 102 valence electrons. The van der Waals surface area contributed by atoms with E-state index in [2.05, 4.69) is 25.1 Å².